The van der Waals surface area contributed by atoms with Gasteiger partial charge in [-0.05, 0) is 35.9 Å². The first-order valence-electron chi connectivity index (χ1n) is 6.47. The lowest BCUT2D eigenvalue weighted by atomic mass is 10.1. The highest BCUT2D eigenvalue weighted by molar-refractivity contribution is 9.08. The van der Waals surface area contributed by atoms with Crippen LogP contribution in [0.25, 0.3) is 0 Å². The summed E-state index contributed by atoms with van der Waals surface area (Å²) in [7, 11) is 0. The standard InChI is InChI=1S/C16H14BrFO2/c17-9-11-1-4-14(5-2-11)19-10-15-8-12-7-13(18)3-6-16(12)20-15/h1-7,15H,8-10H2. The van der Waals surface area contributed by atoms with Gasteiger partial charge in [0.25, 0.3) is 0 Å². The summed E-state index contributed by atoms with van der Waals surface area (Å²) in [6.45, 7) is 0.462. The lowest BCUT2D eigenvalue weighted by molar-refractivity contribution is 0.148. The highest BCUT2D eigenvalue weighted by Gasteiger charge is 2.23. The fourth-order valence-corrected chi connectivity index (χ4v) is 2.62. The first-order valence-corrected chi connectivity index (χ1v) is 7.59. The van der Waals surface area contributed by atoms with Crippen molar-refractivity contribution >= 4 is 15.9 Å². The summed E-state index contributed by atoms with van der Waals surface area (Å²) in [6, 6.07) is 12.5. The van der Waals surface area contributed by atoms with Gasteiger partial charge in [0.05, 0.1) is 0 Å². The van der Waals surface area contributed by atoms with Crippen molar-refractivity contribution in [1.82, 2.24) is 0 Å². The van der Waals surface area contributed by atoms with E-state index >= 15 is 0 Å². The number of hydrogen-bond donors (Lipinski definition) is 0. The number of benzene rings is 2. The summed E-state index contributed by atoms with van der Waals surface area (Å²) in [5.41, 5.74) is 2.12. The van der Waals surface area contributed by atoms with E-state index in [2.05, 4.69) is 15.9 Å². The Hall–Kier alpha value is -1.55. The second-order valence-electron chi connectivity index (χ2n) is 4.78. The van der Waals surface area contributed by atoms with E-state index in [9.17, 15) is 4.39 Å². The molecule has 3 rings (SSSR count). The summed E-state index contributed by atoms with van der Waals surface area (Å²) < 4.78 is 24.6. The van der Waals surface area contributed by atoms with E-state index in [1.165, 1.54) is 17.7 Å². The Morgan fingerprint density at radius 2 is 2.00 bits per heavy atom. The van der Waals surface area contributed by atoms with Gasteiger partial charge in [-0.2, -0.15) is 0 Å². The van der Waals surface area contributed by atoms with Crippen LogP contribution in [0.5, 0.6) is 11.5 Å². The second-order valence-corrected chi connectivity index (χ2v) is 5.35. The fourth-order valence-electron chi connectivity index (χ4n) is 2.25. The van der Waals surface area contributed by atoms with Gasteiger partial charge in [0.15, 0.2) is 0 Å². The molecule has 2 nitrogen and oxygen atoms in total. The molecule has 0 aliphatic carbocycles. The average molecular weight is 337 g/mol. The summed E-state index contributed by atoms with van der Waals surface area (Å²) in [5, 5.41) is 0.833. The van der Waals surface area contributed by atoms with Crippen molar-refractivity contribution in [2.45, 2.75) is 17.9 Å². The van der Waals surface area contributed by atoms with E-state index < -0.39 is 0 Å². The molecule has 0 saturated carbocycles. The minimum atomic E-state index is -0.223. The van der Waals surface area contributed by atoms with Crippen LogP contribution in [0, 0.1) is 5.82 Å². The molecule has 1 atom stereocenters. The van der Waals surface area contributed by atoms with Gasteiger partial charge in [-0.3, -0.25) is 0 Å². The summed E-state index contributed by atoms with van der Waals surface area (Å²) >= 11 is 3.41. The van der Waals surface area contributed by atoms with Gasteiger partial charge in [-0.25, -0.2) is 4.39 Å². The first kappa shape index (κ1) is 13.4. The fraction of sp³-hybridized carbons (Fsp3) is 0.250. The third kappa shape index (κ3) is 2.96. The van der Waals surface area contributed by atoms with Gasteiger partial charge in [0, 0.05) is 17.3 Å². The highest BCUT2D eigenvalue weighted by Crippen LogP contribution is 2.29. The summed E-state index contributed by atoms with van der Waals surface area (Å²) in [4.78, 5) is 0. The van der Waals surface area contributed by atoms with E-state index in [1.807, 2.05) is 24.3 Å². The number of alkyl halides is 1. The van der Waals surface area contributed by atoms with Crippen molar-refractivity contribution in [1.29, 1.82) is 0 Å². The largest absolute Gasteiger partial charge is 0.490 e. The highest BCUT2D eigenvalue weighted by atomic mass is 79.9. The molecule has 0 radical (unpaired) electrons. The third-order valence-corrected chi connectivity index (χ3v) is 3.92. The predicted molar refractivity (Wildman–Crippen MR) is 79.1 cm³/mol. The van der Waals surface area contributed by atoms with Crippen molar-refractivity contribution in [2.75, 3.05) is 6.61 Å². The molecule has 0 amide bonds. The van der Waals surface area contributed by atoms with E-state index in [-0.39, 0.29) is 11.9 Å². The van der Waals surface area contributed by atoms with Gasteiger partial charge >= 0.3 is 0 Å². The topological polar surface area (TPSA) is 18.5 Å². The third-order valence-electron chi connectivity index (χ3n) is 3.28. The SMILES string of the molecule is Fc1ccc2c(c1)CC(COc1ccc(CBr)cc1)O2. The van der Waals surface area contributed by atoms with E-state index in [0.717, 1.165) is 22.4 Å². The molecule has 2 aromatic carbocycles. The quantitative estimate of drug-likeness (QED) is 0.782. The number of fused-ring (bicyclic) bond motifs is 1. The van der Waals surface area contributed by atoms with Gasteiger partial charge in [-0.1, -0.05) is 28.1 Å². The second kappa shape index (κ2) is 5.83. The van der Waals surface area contributed by atoms with Crippen LogP contribution in [0.3, 0.4) is 0 Å². The van der Waals surface area contributed by atoms with Crippen LogP contribution in [0.1, 0.15) is 11.1 Å². The number of hydrogen-bond acceptors (Lipinski definition) is 2. The lowest BCUT2D eigenvalue weighted by Gasteiger charge is -2.12. The van der Waals surface area contributed by atoms with Crippen molar-refractivity contribution in [3.05, 3.63) is 59.4 Å². The molecule has 0 N–H and O–H groups in total. The molecule has 20 heavy (non-hydrogen) atoms. The molecular formula is C16H14BrFO2. The Morgan fingerprint density at radius 1 is 1.20 bits per heavy atom. The van der Waals surface area contributed by atoms with Crippen molar-refractivity contribution < 1.29 is 13.9 Å². The normalized spacial score (nSPS) is 16.6. The van der Waals surface area contributed by atoms with Crippen LogP contribution >= 0.6 is 15.9 Å². The Labute approximate surface area is 125 Å². The molecule has 4 heteroatoms. The molecule has 0 spiro atoms. The zero-order chi connectivity index (χ0) is 13.9. The van der Waals surface area contributed by atoms with Crippen LogP contribution in [-0.2, 0) is 11.8 Å². The summed E-state index contributed by atoms with van der Waals surface area (Å²) in [5.74, 6) is 1.36. The van der Waals surface area contributed by atoms with Crippen LogP contribution in [0.2, 0.25) is 0 Å². The maximum absolute atomic E-state index is 13.1. The van der Waals surface area contributed by atoms with Gasteiger partial charge in [0.2, 0.25) is 0 Å². The van der Waals surface area contributed by atoms with Crippen molar-refractivity contribution in [2.24, 2.45) is 0 Å². The van der Waals surface area contributed by atoms with E-state index in [4.69, 9.17) is 9.47 Å². The van der Waals surface area contributed by atoms with Crippen LogP contribution in [-0.4, -0.2) is 12.7 Å². The van der Waals surface area contributed by atoms with E-state index in [0.29, 0.717) is 13.0 Å². The van der Waals surface area contributed by atoms with Crippen molar-refractivity contribution in [3.63, 3.8) is 0 Å². The Morgan fingerprint density at radius 3 is 2.75 bits per heavy atom. The Balaban J connectivity index is 1.58. The molecule has 0 saturated heterocycles. The molecule has 1 unspecified atom stereocenters. The van der Waals surface area contributed by atoms with E-state index in [1.54, 1.807) is 6.07 Å². The molecule has 1 heterocycles. The average Bonchev–Trinajstić information content (AvgIpc) is 2.87. The first-order chi connectivity index (χ1) is 9.74. The Bertz CT molecular complexity index is 598. The van der Waals surface area contributed by atoms with Gasteiger partial charge in [-0.15, -0.1) is 0 Å². The molecule has 0 fully saturated rings. The van der Waals surface area contributed by atoms with Gasteiger partial charge < -0.3 is 9.47 Å². The van der Waals surface area contributed by atoms with Gasteiger partial charge in [0.1, 0.15) is 30.0 Å². The zero-order valence-corrected chi connectivity index (χ0v) is 12.4. The lowest BCUT2D eigenvalue weighted by Crippen LogP contribution is -2.22. The molecule has 1 aliphatic heterocycles. The van der Waals surface area contributed by atoms with Crippen molar-refractivity contribution in [3.8, 4) is 11.5 Å². The van der Waals surface area contributed by atoms with Crippen LogP contribution in [0.15, 0.2) is 42.5 Å². The molecule has 0 bridgehead atoms. The maximum Gasteiger partial charge on any atom is 0.137 e. The number of ether oxygens (including phenoxy) is 2. The number of rotatable bonds is 4. The predicted octanol–water partition coefficient (Wildman–Crippen LogP) is 4.10. The molecule has 1 aliphatic rings. The minimum absolute atomic E-state index is 0.0531. The van der Waals surface area contributed by atoms with Crippen LogP contribution < -0.4 is 9.47 Å². The zero-order valence-electron chi connectivity index (χ0n) is 10.8. The molecule has 104 valence electrons. The number of halogens is 2. The summed E-state index contributed by atoms with van der Waals surface area (Å²) in [6.07, 6.45) is 0.634. The monoisotopic (exact) mass is 336 g/mol. The molecule has 0 aromatic heterocycles. The Kier molecular flexibility index (Phi) is 3.92. The maximum atomic E-state index is 13.1. The van der Waals surface area contributed by atoms with Crippen LogP contribution in [0.4, 0.5) is 4.39 Å². The minimum Gasteiger partial charge on any atom is -0.490 e. The molecular weight excluding hydrogens is 323 g/mol. The smallest absolute Gasteiger partial charge is 0.137 e. The molecule has 2 aromatic rings.